The predicted octanol–water partition coefficient (Wildman–Crippen LogP) is 2.09. The smallest absolute Gasteiger partial charge is 0.178 e. The Balaban J connectivity index is 2.78. The van der Waals surface area contributed by atoms with E-state index in [2.05, 4.69) is 0 Å². The maximum Gasteiger partial charge on any atom is 0.178 e. The van der Waals surface area contributed by atoms with Crippen LogP contribution in [0, 0.1) is 0 Å². The van der Waals surface area contributed by atoms with Gasteiger partial charge in [0, 0.05) is 6.42 Å². The number of sulfone groups is 1. The number of hydrogen-bond acceptors (Lipinski definition) is 3. The lowest BCUT2D eigenvalue weighted by molar-refractivity contribution is 0.594. The third-order valence-electron chi connectivity index (χ3n) is 2.42. The molecular formula is C12H17NO2S2. The SMILES string of the molecule is CCCS(=O)(=O)c1ccc(CCC(N)=S)cc1. The van der Waals surface area contributed by atoms with Crippen molar-refractivity contribution >= 4 is 27.0 Å². The molecule has 2 N–H and O–H groups in total. The van der Waals surface area contributed by atoms with E-state index in [1.54, 1.807) is 12.1 Å². The maximum absolute atomic E-state index is 11.8. The first kappa shape index (κ1) is 14.1. The molecule has 0 fully saturated rings. The van der Waals surface area contributed by atoms with Crippen molar-refractivity contribution in [3.8, 4) is 0 Å². The molecule has 0 unspecified atom stereocenters. The van der Waals surface area contributed by atoms with Gasteiger partial charge >= 0.3 is 0 Å². The Morgan fingerprint density at radius 2 is 1.88 bits per heavy atom. The average molecular weight is 271 g/mol. The molecule has 1 aromatic rings. The lowest BCUT2D eigenvalue weighted by atomic mass is 10.1. The van der Waals surface area contributed by atoms with Gasteiger partial charge in [-0.15, -0.1) is 0 Å². The lowest BCUT2D eigenvalue weighted by Crippen LogP contribution is -2.09. The van der Waals surface area contributed by atoms with Gasteiger partial charge in [0.25, 0.3) is 0 Å². The molecule has 1 rings (SSSR count). The maximum atomic E-state index is 11.8. The standard InChI is InChI=1S/C12H17NO2S2/c1-2-9-17(14,15)11-6-3-10(4-7-11)5-8-12(13)16/h3-4,6-7H,2,5,8-9H2,1H3,(H2,13,16). The molecular weight excluding hydrogens is 254 g/mol. The Morgan fingerprint density at radius 1 is 1.29 bits per heavy atom. The number of hydrogen-bond donors (Lipinski definition) is 1. The summed E-state index contributed by atoms with van der Waals surface area (Å²) >= 11 is 4.80. The summed E-state index contributed by atoms with van der Waals surface area (Å²) in [5.41, 5.74) is 6.46. The van der Waals surface area contributed by atoms with E-state index in [9.17, 15) is 8.42 Å². The fraction of sp³-hybridized carbons (Fsp3) is 0.417. The van der Waals surface area contributed by atoms with Crippen LogP contribution in [0.5, 0.6) is 0 Å². The normalized spacial score (nSPS) is 11.4. The monoisotopic (exact) mass is 271 g/mol. The van der Waals surface area contributed by atoms with Crippen molar-refractivity contribution in [1.82, 2.24) is 0 Å². The minimum Gasteiger partial charge on any atom is -0.393 e. The molecule has 94 valence electrons. The lowest BCUT2D eigenvalue weighted by Gasteiger charge is -2.04. The first-order valence-corrected chi connectivity index (χ1v) is 7.62. The highest BCUT2D eigenvalue weighted by Crippen LogP contribution is 2.14. The highest BCUT2D eigenvalue weighted by Gasteiger charge is 2.12. The summed E-state index contributed by atoms with van der Waals surface area (Å²) in [6, 6.07) is 6.95. The van der Waals surface area contributed by atoms with E-state index in [1.807, 2.05) is 19.1 Å². The van der Waals surface area contributed by atoms with E-state index in [0.717, 1.165) is 12.0 Å². The molecule has 0 aliphatic heterocycles. The van der Waals surface area contributed by atoms with E-state index in [0.29, 0.717) is 22.7 Å². The van der Waals surface area contributed by atoms with Gasteiger partial charge < -0.3 is 5.73 Å². The third kappa shape index (κ3) is 4.44. The topological polar surface area (TPSA) is 60.2 Å². The van der Waals surface area contributed by atoms with Crippen LogP contribution in [-0.2, 0) is 16.3 Å². The molecule has 3 nitrogen and oxygen atoms in total. The van der Waals surface area contributed by atoms with Gasteiger partial charge in [-0.1, -0.05) is 31.3 Å². The van der Waals surface area contributed by atoms with Gasteiger partial charge in [-0.05, 0) is 30.5 Å². The Morgan fingerprint density at radius 3 is 2.35 bits per heavy atom. The van der Waals surface area contributed by atoms with Crippen LogP contribution in [0.2, 0.25) is 0 Å². The van der Waals surface area contributed by atoms with E-state index in [1.165, 1.54) is 0 Å². The summed E-state index contributed by atoms with van der Waals surface area (Å²) in [5, 5.41) is 0. The van der Waals surface area contributed by atoms with Crippen LogP contribution >= 0.6 is 12.2 Å². The van der Waals surface area contributed by atoms with Crippen molar-refractivity contribution in [2.45, 2.75) is 31.1 Å². The summed E-state index contributed by atoms with van der Waals surface area (Å²) in [7, 11) is -3.11. The average Bonchev–Trinajstić information content (AvgIpc) is 2.27. The molecule has 17 heavy (non-hydrogen) atoms. The molecule has 0 amide bonds. The van der Waals surface area contributed by atoms with E-state index < -0.39 is 9.84 Å². The molecule has 0 saturated heterocycles. The van der Waals surface area contributed by atoms with Crippen molar-refractivity contribution < 1.29 is 8.42 Å². The summed E-state index contributed by atoms with van der Waals surface area (Å²) < 4.78 is 23.5. The van der Waals surface area contributed by atoms with E-state index >= 15 is 0 Å². The van der Waals surface area contributed by atoms with Crippen LogP contribution in [-0.4, -0.2) is 19.2 Å². The minimum atomic E-state index is -3.11. The summed E-state index contributed by atoms with van der Waals surface area (Å²) in [5.74, 6) is 0.194. The third-order valence-corrected chi connectivity index (χ3v) is 4.56. The first-order valence-electron chi connectivity index (χ1n) is 5.55. The van der Waals surface area contributed by atoms with Crippen molar-refractivity contribution in [3.63, 3.8) is 0 Å². The van der Waals surface area contributed by atoms with Crippen molar-refractivity contribution in [3.05, 3.63) is 29.8 Å². The van der Waals surface area contributed by atoms with Crippen LogP contribution in [0.25, 0.3) is 0 Å². The molecule has 0 aliphatic carbocycles. The van der Waals surface area contributed by atoms with Crippen LogP contribution < -0.4 is 5.73 Å². The second-order valence-corrected chi connectivity index (χ2v) is 6.56. The molecule has 0 aromatic heterocycles. The molecule has 0 saturated carbocycles. The van der Waals surface area contributed by atoms with E-state index in [4.69, 9.17) is 18.0 Å². The minimum absolute atomic E-state index is 0.194. The number of aryl methyl sites for hydroxylation is 1. The second kappa shape index (κ2) is 6.12. The molecule has 0 heterocycles. The summed E-state index contributed by atoms with van der Waals surface area (Å²) in [4.78, 5) is 0.867. The van der Waals surface area contributed by atoms with Gasteiger partial charge in [-0.25, -0.2) is 8.42 Å². The highest BCUT2D eigenvalue weighted by molar-refractivity contribution is 7.91. The highest BCUT2D eigenvalue weighted by atomic mass is 32.2. The Labute approximate surface area is 108 Å². The molecule has 1 aromatic carbocycles. The fourth-order valence-corrected chi connectivity index (χ4v) is 2.94. The Kier molecular flexibility index (Phi) is 5.08. The van der Waals surface area contributed by atoms with Gasteiger partial charge in [0.15, 0.2) is 9.84 Å². The van der Waals surface area contributed by atoms with Gasteiger partial charge in [0.2, 0.25) is 0 Å². The van der Waals surface area contributed by atoms with Gasteiger partial charge in [0.1, 0.15) is 0 Å². The number of rotatable bonds is 6. The van der Waals surface area contributed by atoms with Gasteiger partial charge in [-0.3, -0.25) is 0 Å². The van der Waals surface area contributed by atoms with Crippen molar-refractivity contribution in [1.29, 1.82) is 0 Å². The van der Waals surface area contributed by atoms with Crippen molar-refractivity contribution in [2.24, 2.45) is 5.73 Å². The predicted molar refractivity (Wildman–Crippen MR) is 73.9 cm³/mol. The van der Waals surface area contributed by atoms with Crippen molar-refractivity contribution in [2.75, 3.05) is 5.75 Å². The molecule has 0 atom stereocenters. The van der Waals surface area contributed by atoms with Crippen LogP contribution in [0.3, 0.4) is 0 Å². The number of thiocarbonyl (C=S) groups is 1. The molecule has 0 spiro atoms. The molecule has 0 radical (unpaired) electrons. The first-order chi connectivity index (χ1) is 7.95. The fourth-order valence-electron chi connectivity index (χ4n) is 1.52. The Hall–Kier alpha value is -0.940. The number of nitrogens with two attached hydrogens (primary N) is 1. The molecule has 0 bridgehead atoms. The second-order valence-electron chi connectivity index (χ2n) is 3.93. The van der Waals surface area contributed by atoms with Crippen LogP contribution in [0.4, 0.5) is 0 Å². The number of benzene rings is 1. The van der Waals surface area contributed by atoms with Crippen LogP contribution in [0.15, 0.2) is 29.2 Å². The van der Waals surface area contributed by atoms with E-state index in [-0.39, 0.29) is 5.75 Å². The van der Waals surface area contributed by atoms with Gasteiger partial charge in [-0.2, -0.15) is 0 Å². The van der Waals surface area contributed by atoms with Crippen LogP contribution in [0.1, 0.15) is 25.3 Å². The zero-order chi connectivity index (χ0) is 12.9. The molecule has 0 aliphatic rings. The quantitative estimate of drug-likeness (QED) is 0.805. The summed E-state index contributed by atoms with van der Waals surface area (Å²) in [6.07, 6.45) is 2.03. The zero-order valence-corrected chi connectivity index (χ0v) is 11.5. The molecule has 5 heteroatoms. The van der Waals surface area contributed by atoms with Gasteiger partial charge in [0.05, 0.1) is 15.6 Å². The largest absolute Gasteiger partial charge is 0.393 e. The Bertz CT molecular complexity index is 478. The zero-order valence-electron chi connectivity index (χ0n) is 9.85. The summed E-state index contributed by atoms with van der Waals surface area (Å²) in [6.45, 7) is 1.86.